The Kier molecular flexibility index (Phi) is 4.20. The minimum atomic E-state index is -0.235. The second-order valence-electron chi connectivity index (χ2n) is 2.89. The predicted octanol–water partition coefficient (Wildman–Crippen LogP) is 0.906. The van der Waals surface area contributed by atoms with Crippen LogP contribution < -0.4 is 11.1 Å². The van der Waals surface area contributed by atoms with Gasteiger partial charge in [-0.1, -0.05) is 24.4 Å². The number of ether oxygens (including phenoxy) is 1. The molecule has 0 saturated carbocycles. The van der Waals surface area contributed by atoms with Crippen LogP contribution in [0.1, 0.15) is 5.56 Å². The van der Waals surface area contributed by atoms with Crippen LogP contribution in [-0.4, -0.2) is 24.6 Å². The molecule has 5 heteroatoms. The van der Waals surface area contributed by atoms with Gasteiger partial charge in [-0.05, 0) is 12.1 Å². The van der Waals surface area contributed by atoms with E-state index in [2.05, 4.69) is 5.32 Å². The van der Waals surface area contributed by atoms with Crippen LogP contribution in [0.5, 0.6) is 0 Å². The Balaban J connectivity index is 2.84. The lowest BCUT2D eigenvalue weighted by atomic mass is 10.2. The number of amides is 1. The quantitative estimate of drug-likeness (QED) is 0.746. The number of nitrogens with one attached hydrogen (secondary N) is 1. The number of nitrogens with two attached hydrogens (primary N) is 1. The van der Waals surface area contributed by atoms with Crippen molar-refractivity contribution in [2.45, 2.75) is 0 Å². The van der Waals surface area contributed by atoms with Crippen LogP contribution in [0.4, 0.5) is 5.69 Å². The number of rotatable bonds is 4. The first-order valence-corrected chi connectivity index (χ1v) is 4.73. The number of anilines is 1. The highest BCUT2D eigenvalue weighted by atomic mass is 32.1. The van der Waals surface area contributed by atoms with Crippen LogP contribution in [0.15, 0.2) is 24.3 Å². The summed E-state index contributed by atoms with van der Waals surface area (Å²) >= 11 is 4.86. The standard InChI is InChI=1S/C10H12N2O2S/c1-14-6-9(13)12-8-5-3-2-4-7(8)10(11)15/h2-5H,6H2,1H3,(H2,11,15)(H,12,13). The van der Waals surface area contributed by atoms with Crippen LogP contribution in [0, 0.1) is 0 Å². The van der Waals surface area contributed by atoms with Crippen LogP contribution in [-0.2, 0) is 9.53 Å². The van der Waals surface area contributed by atoms with Gasteiger partial charge in [0.1, 0.15) is 11.6 Å². The minimum absolute atomic E-state index is 0.00562. The number of methoxy groups -OCH3 is 1. The molecule has 0 aliphatic rings. The maximum absolute atomic E-state index is 11.3. The molecule has 0 unspecified atom stereocenters. The molecular formula is C10H12N2O2S. The highest BCUT2D eigenvalue weighted by Gasteiger charge is 2.07. The molecule has 1 amide bonds. The van der Waals surface area contributed by atoms with Crippen molar-refractivity contribution in [1.29, 1.82) is 0 Å². The van der Waals surface area contributed by atoms with Crippen molar-refractivity contribution >= 4 is 28.8 Å². The summed E-state index contributed by atoms with van der Waals surface area (Å²) in [6, 6.07) is 7.09. The topological polar surface area (TPSA) is 64.3 Å². The third-order valence-corrected chi connectivity index (χ3v) is 1.96. The Hall–Kier alpha value is -1.46. The van der Waals surface area contributed by atoms with Gasteiger partial charge in [0.15, 0.2) is 0 Å². The monoisotopic (exact) mass is 224 g/mol. The second-order valence-corrected chi connectivity index (χ2v) is 3.33. The summed E-state index contributed by atoms with van der Waals surface area (Å²) in [6.07, 6.45) is 0. The van der Waals surface area contributed by atoms with Crippen molar-refractivity contribution in [3.8, 4) is 0 Å². The molecule has 0 aromatic heterocycles. The van der Waals surface area contributed by atoms with E-state index in [9.17, 15) is 4.79 Å². The van der Waals surface area contributed by atoms with E-state index >= 15 is 0 Å². The summed E-state index contributed by atoms with van der Waals surface area (Å²) in [5, 5.41) is 2.66. The van der Waals surface area contributed by atoms with E-state index in [1.165, 1.54) is 7.11 Å². The molecule has 1 rings (SSSR count). The van der Waals surface area contributed by atoms with Crippen molar-refractivity contribution in [2.75, 3.05) is 19.0 Å². The largest absolute Gasteiger partial charge is 0.389 e. The molecular weight excluding hydrogens is 212 g/mol. The molecule has 3 N–H and O–H groups in total. The van der Waals surface area contributed by atoms with Gasteiger partial charge >= 0.3 is 0 Å². The maximum Gasteiger partial charge on any atom is 0.250 e. The Morgan fingerprint density at radius 1 is 1.53 bits per heavy atom. The molecule has 0 fully saturated rings. The van der Waals surface area contributed by atoms with Crippen molar-refractivity contribution in [1.82, 2.24) is 0 Å². The second kappa shape index (κ2) is 5.43. The van der Waals surface area contributed by atoms with Gasteiger partial charge in [-0.2, -0.15) is 0 Å². The van der Waals surface area contributed by atoms with Crippen LogP contribution in [0.3, 0.4) is 0 Å². The van der Waals surface area contributed by atoms with Gasteiger partial charge in [0.25, 0.3) is 0 Å². The molecule has 4 nitrogen and oxygen atoms in total. The zero-order valence-corrected chi connectivity index (χ0v) is 9.14. The Morgan fingerprint density at radius 2 is 2.20 bits per heavy atom. The molecule has 0 saturated heterocycles. The summed E-state index contributed by atoms with van der Waals surface area (Å²) in [6.45, 7) is 0.00562. The summed E-state index contributed by atoms with van der Waals surface area (Å²) < 4.78 is 4.70. The fourth-order valence-corrected chi connectivity index (χ4v) is 1.30. The summed E-state index contributed by atoms with van der Waals surface area (Å²) in [7, 11) is 1.46. The highest BCUT2D eigenvalue weighted by Crippen LogP contribution is 2.14. The minimum Gasteiger partial charge on any atom is -0.389 e. The van der Waals surface area contributed by atoms with Gasteiger partial charge in [0.05, 0.1) is 5.69 Å². The van der Waals surface area contributed by atoms with E-state index in [1.54, 1.807) is 24.3 Å². The maximum atomic E-state index is 11.3. The Morgan fingerprint density at radius 3 is 2.80 bits per heavy atom. The molecule has 0 spiro atoms. The molecule has 0 radical (unpaired) electrons. The van der Waals surface area contributed by atoms with Gasteiger partial charge < -0.3 is 15.8 Å². The smallest absolute Gasteiger partial charge is 0.250 e. The van der Waals surface area contributed by atoms with E-state index in [0.717, 1.165) is 0 Å². The van der Waals surface area contributed by atoms with Crippen molar-refractivity contribution in [3.63, 3.8) is 0 Å². The van der Waals surface area contributed by atoms with Gasteiger partial charge in [0.2, 0.25) is 5.91 Å². The van der Waals surface area contributed by atoms with Crippen molar-refractivity contribution in [3.05, 3.63) is 29.8 Å². The number of para-hydroxylation sites is 1. The van der Waals surface area contributed by atoms with Gasteiger partial charge in [-0.25, -0.2) is 0 Å². The zero-order chi connectivity index (χ0) is 11.3. The van der Waals surface area contributed by atoms with Crippen molar-refractivity contribution in [2.24, 2.45) is 5.73 Å². The number of carbonyl (C=O) groups is 1. The summed E-state index contributed by atoms with van der Waals surface area (Å²) in [5.74, 6) is -0.235. The lowest BCUT2D eigenvalue weighted by Crippen LogP contribution is -2.20. The van der Waals surface area contributed by atoms with E-state index in [1.807, 2.05) is 0 Å². The third-order valence-electron chi connectivity index (χ3n) is 1.74. The molecule has 1 aromatic rings. The third kappa shape index (κ3) is 3.30. The first-order chi connectivity index (χ1) is 7.15. The SMILES string of the molecule is COCC(=O)Nc1ccccc1C(N)=S. The van der Waals surface area contributed by atoms with Crippen molar-refractivity contribution < 1.29 is 9.53 Å². The number of hydrogen-bond donors (Lipinski definition) is 2. The predicted molar refractivity (Wildman–Crippen MR) is 62.8 cm³/mol. The Labute approximate surface area is 93.4 Å². The van der Waals surface area contributed by atoms with E-state index in [4.69, 9.17) is 22.7 Å². The summed E-state index contributed by atoms with van der Waals surface area (Å²) in [4.78, 5) is 11.5. The lowest BCUT2D eigenvalue weighted by molar-refractivity contribution is -0.119. The number of thiocarbonyl (C=S) groups is 1. The molecule has 0 aliphatic carbocycles. The number of benzene rings is 1. The molecule has 0 heterocycles. The molecule has 0 aliphatic heterocycles. The zero-order valence-electron chi connectivity index (χ0n) is 8.32. The first-order valence-electron chi connectivity index (χ1n) is 4.32. The Bertz CT molecular complexity index is 379. The fourth-order valence-electron chi connectivity index (χ4n) is 1.12. The van der Waals surface area contributed by atoms with Gasteiger partial charge in [-0.15, -0.1) is 0 Å². The molecule has 15 heavy (non-hydrogen) atoms. The first kappa shape index (κ1) is 11.6. The van der Waals surface area contributed by atoms with E-state index in [0.29, 0.717) is 11.3 Å². The average molecular weight is 224 g/mol. The van der Waals surface area contributed by atoms with E-state index < -0.39 is 0 Å². The van der Waals surface area contributed by atoms with Crippen LogP contribution in [0.25, 0.3) is 0 Å². The highest BCUT2D eigenvalue weighted by molar-refractivity contribution is 7.80. The fraction of sp³-hybridized carbons (Fsp3) is 0.200. The number of carbonyl (C=O) groups excluding carboxylic acids is 1. The molecule has 0 bridgehead atoms. The molecule has 1 aromatic carbocycles. The van der Waals surface area contributed by atoms with E-state index in [-0.39, 0.29) is 17.5 Å². The average Bonchev–Trinajstić information content (AvgIpc) is 2.18. The summed E-state index contributed by atoms with van der Waals surface area (Å²) in [5.41, 5.74) is 6.77. The van der Waals surface area contributed by atoms with Crippen LogP contribution >= 0.6 is 12.2 Å². The molecule has 0 atom stereocenters. The number of hydrogen-bond acceptors (Lipinski definition) is 3. The normalized spacial score (nSPS) is 9.67. The van der Waals surface area contributed by atoms with Gasteiger partial charge in [-0.3, -0.25) is 4.79 Å². The lowest BCUT2D eigenvalue weighted by Gasteiger charge is -2.09. The van der Waals surface area contributed by atoms with Crippen LogP contribution in [0.2, 0.25) is 0 Å². The molecule has 80 valence electrons. The van der Waals surface area contributed by atoms with Gasteiger partial charge in [0, 0.05) is 12.7 Å².